The number of aromatic nitrogens is 4. The zero-order valence-corrected chi connectivity index (χ0v) is 12.7. The lowest BCUT2D eigenvalue weighted by atomic mass is 10.0. The van der Waals surface area contributed by atoms with Gasteiger partial charge in [0.25, 0.3) is 0 Å². The van der Waals surface area contributed by atoms with E-state index in [4.69, 9.17) is 10.5 Å². The second kappa shape index (κ2) is 5.48. The minimum absolute atomic E-state index is 0.251. The highest BCUT2D eigenvalue weighted by molar-refractivity contribution is 5.81. The summed E-state index contributed by atoms with van der Waals surface area (Å²) in [5.74, 6) is 1.02. The van der Waals surface area contributed by atoms with E-state index in [1.165, 1.54) is 0 Å². The predicted octanol–water partition coefficient (Wildman–Crippen LogP) is 2.44. The Labute approximate surface area is 128 Å². The van der Waals surface area contributed by atoms with Crippen molar-refractivity contribution in [2.75, 3.05) is 12.8 Å². The smallest absolute Gasteiger partial charge is 0.220 e. The summed E-state index contributed by atoms with van der Waals surface area (Å²) in [5.41, 5.74) is 10.2. The number of methoxy groups -OCH3 is 1. The van der Waals surface area contributed by atoms with E-state index < -0.39 is 0 Å². The molecule has 0 aliphatic carbocycles. The van der Waals surface area contributed by atoms with Crippen molar-refractivity contribution >= 4 is 5.95 Å². The number of ether oxygens (including phenoxy) is 1. The molecule has 0 fully saturated rings. The van der Waals surface area contributed by atoms with Crippen LogP contribution >= 0.6 is 0 Å². The highest BCUT2D eigenvalue weighted by Gasteiger charge is 2.17. The lowest BCUT2D eigenvalue weighted by Gasteiger charge is -2.13. The molecule has 2 heterocycles. The fraction of sp³-hybridized carbons (Fsp3) is 0.188. The molecular formula is C16H17N5O. The van der Waals surface area contributed by atoms with Gasteiger partial charge in [0.05, 0.1) is 36.7 Å². The van der Waals surface area contributed by atoms with Gasteiger partial charge in [-0.2, -0.15) is 0 Å². The quantitative estimate of drug-likeness (QED) is 0.803. The topological polar surface area (TPSA) is 78.8 Å². The average Bonchev–Trinajstić information content (AvgIpc) is 2.92. The van der Waals surface area contributed by atoms with Crippen LogP contribution in [0.1, 0.15) is 5.69 Å². The van der Waals surface area contributed by atoms with Crippen molar-refractivity contribution in [3.8, 4) is 28.3 Å². The molecule has 0 aliphatic heterocycles. The molecular weight excluding hydrogens is 278 g/mol. The summed E-state index contributed by atoms with van der Waals surface area (Å²) in [6, 6.07) is 7.73. The Kier molecular flexibility index (Phi) is 3.50. The van der Waals surface area contributed by atoms with E-state index in [1.54, 1.807) is 19.6 Å². The van der Waals surface area contributed by atoms with Gasteiger partial charge < -0.3 is 15.0 Å². The molecule has 6 heteroatoms. The lowest BCUT2D eigenvalue weighted by molar-refractivity contribution is 0.415. The predicted molar refractivity (Wildman–Crippen MR) is 85.4 cm³/mol. The number of aryl methyl sites for hydroxylation is 2. The number of nitrogens with zero attached hydrogens (tertiary/aromatic N) is 4. The molecule has 2 N–H and O–H groups in total. The van der Waals surface area contributed by atoms with Crippen molar-refractivity contribution in [1.29, 1.82) is 0 Å². The standard InChI is InChI=1S/C16H17N5O/c1-10-14(13-8-18-9-21(13)2)15(20-16(17)19-10)11-5-4-6-12(7-11)22-3/h4-9H,1-3H3,(H2,17,19,20). The highest BCUT2D eigenvalue weighted by Crippen LogP contribution is 2.34. The van der Waals surface area contributed by atoms with E-state index in [1.807, 2.05) is 42.8 Å². The van der Waals surface area contributed by atoms with E-state index in [0.717, 1.165) is 34.0 Å². The first kappa shape index (κ1) is 14.1. The third-order valence-electron chi connectivity index (χ3n) is 3.52. The van der Waals surface area contributed by atoms with E-state index in [9.17, 15) is 0 Å². The summed E-state index contributed by atoms with van der Waals surface area (Å²) in [4.78, 5) is 12.9. The summed E-state index contributed by atoms with van der Waals surface area (Å²) in [7, 11) is 3.58. The molecule has 3 aromatic rings. The Morgan fingerprint density at radius 1 is 1.23 bits per heavy atom. The van der Waals surface area contributed by atoms with Crippen molar-refractivity contribution in [1.82, 2.24) is 19.5 Å². The van der Waals surface area contributed by atoms with E-state index in [2.05, 4.69) is 15.0 Å². The summed E-state index contributed by atoms with van der Waals surface area (Å²) in [6.07, 6.45) is 3.55. The third-order valence-corrected chi connectivity index (χ3v) is 3.52. The third kappa shape index (κ3) is 2.39. The molecule has 1 aromatic carbocycles. The maximum atomic E-state index is 5.85. The van der Waals surface area contributed by atoms with Gasteiger partial charge in [-0.15, -0.1) is 0 Å². The number of hydrogen-bond acceptors (Lipinski definition) is 5. The minimum Gasteiger partial charge on any atom is -0.497 e. The summed E-state index contributed by atoms with van der Waals surface area (Å²) in [5, 5.41) is 0. The number of benzene rings is 1. The molecule has 0 saturated heterocycles. The van der Waals surface area contributed by atoms with Crippen LogP contribution in [-0.2, 0) is 7.05 Å². The van der Waals surface area contributed by atoms with Crippen LogP contribution in [0.15, 0.2) is 36.8 Å². The fourth-order valence-corrected chi connectivity index (χ4v) is 2.48. The summed E-state index contributed by atoms with van der Waals surface area (Å²) >= 11 is 0. The van der Waals surface area contributed by atoms with Gasteiger partial charge in [-0.25, -0.2) is 15.0 Å². The maximum absolute atomic E-state index is 5.85. The summed E-state index contributed by atoms with van der Waals surface area (Å²) < 4.78 is 7.23. The van der Waals surface area contributed by atoms with Gasteiger partial charge in [0.1, 0.15) is 5.75 Å². The zero-order valence-electron chi connectivity index (χ0n) is 12.7. The SMILES string of the molecule is COc1cccc(-c2nc(N)nc(C)c2-c2cncn2C)c1. The van der Waals surface area contributed by atoms with Crippen LogP contribution in [0.4, 0.5) is 5.95 Å². The van der Waals surface area contributed by atoms with Gasteiger partial charge in [0.15, 0.2) is 0 Å². The van der Waals surface area contributed by atoms with Crippen LogP contribution < -0.4 is 10.5 Å². The number of anilines is 1. The molecule has 0 atom stereocenters. The van der Waals surface area contributed by atoms with Gasteiger partial charge in [-0.05, 0) is 19.1 Å². The van der Waals surface area contributed by atoms with Crippen LogP contribution in [0.2, 0.25) is 0 Å². The summed E-state index contributed by atoms with van der Waals surface area (Å²) in [6.45, 7) is 1.92. The monoisotopic (exact) mass is 295 g/mol. The van der Waals surface area contributed by atoms with Crippen molar-refractivity contribution in [2.24, 2.45) is 7.05 Å². The number of hydrogen-bond donors (Lipinski definition) is 1. The molecule has 0 amide bonds. The first-order valence-corrected chi connectivity index (χ1v) is 6.85. The Bertz CT molecular complexity index is 825. The van der Waals surface area contributed by atoms with Crippen LogP contribution in [-0.4, -0.2) is 26.6 Å². The van der Waals surface area contributed by atoms with Gasteiger partial charge in [-0.3, -0.25) is 0 Å². The minimum atomic E-state index is 0.251. The molecule has 2 aromatic heterocycles. The van der Waals surface area contributed by atoms with Crippen molar-refractivity contribution in [3.63, 3.8) is 0 Å². The van der Waals surface area contributed by atoms with Crippen LogP contribution in [0, 0.1) is 6.92 Å². The molecule has 0 unspecified atom stereocenters. The van der Waals surface area contributed by atoms with Gasteiger partial charge in [0, 0.05) is 18.2 Å². The first-order chi connectivity index (χ1) is 10.6. The van der Waals surface area contributed by atoms with Crippen LogP contribution in [0.3, 0.4) is 0 Å². The normalized spacial score (nSPS) is 10.7. The Hall–Kier alpha value is -2.89. The number of nitrogens with two attached hydrogens (primary N) is 1. The average molecular weight is 295 g/mol. The van der Waals surface area contributed by atoms with Gasteiger partial charge in [-0.1, -0.05) is 12.1 Å². The molecule has 22 heavy (non-hydrogen) atoms. The van der Waals surface area contributed by atoms with E-state index >= 15 is 0 Å². The molecule has 0 saturated carbocycles. The van der Waals surface area contributed by atoms with E-state index in [0.29, 0.717) is 0 Å². The highest BCUT2D eigenvalue weighted by atomic mass is 16.5. The van der Waals surface area contributed by atoms with Crippen molar-refractivity contribution in [3.05, 3.63) is 42.5 Å². The Morgan fingerprint density at radius 3 is 2.73 bits per heavy atom. The molecule has 3 rings (SSSR count). The van der Waals surface area contributed by atoms with E-state index in [-0.39, 0.29) is 5.95 Å². The van der Waals surface area contributed by atoms with Gasteiger partial charge in [0.2, 0.25) is 5.95 Å². The largest absolute Gasteiger partial charge is 0.497 e. The van der Waals surface area contributed by atoms with Crippen molar-refractivity contribution < 1.29 is 4.74 Å². The molecule has 0 spiro atoms. The van der Waals surface area contributed by atoms with Crippen molar-refractivity contribution in [2.45, 2.75) is 6.92 Å². The van der Waals surface area contributed by atoms with Crippen LogP contribution in [0.25, 0.3) is 22.5 Å². The first-order valence-electron chi connectivity index (χ1n) is 6.85. The second-order valence-corrected chi connectivity index (χ2v) is 5.01. The van der Waals surface area contributed by atoms with Crippen LogP contribution in [0.5, 0.6) is 5.75 Å². The molecule has 0 bridgehead atoms. The number of nitrogen functional groups attached to an aromatic ring is 1. The molecule has 0 aliphatic rings. The molecule has 0 radical (unpaired) electrons. The lowest BCUT2D eigenvalue weighted by Crippen LogP contribution is -2.04. The molecule has 6 nitrogen and oxygen atoms in total. The second-order valence-electron chi connectivity index (χ2n) is 5.01. The zero-order chi connectivity index (χ0) is 15.7. The Balaban J connectivity index is 2.28. The van der Waals surface area contributed by atoms with Gasteiger partial charge >= 0.3 is 0 Å². The maximum Gasteiger partial charge on any atom is 0.220 e. The number of rotatable bonds is 3. The number of imidazole rings is 1. The molecule has 112 valence electrons. The fourth-order valence-electron chi connectivity index (χ4n) is 2.48. The Morgan fingerprint density at radius 2 is 2.05 bits per heavy atom.